The molecule has 1 N–H and O–H groups in total. The monoisotopic (exact) mass is 751 g/mol. The van der Waals surface area contributed by atoms with Crippen molar-refractivity contribution < 1.29 is 0 Å². The molecule has 0 aliphatic carbocycles. The summed E-state index contributed by atoms with van der Waals surface area (Å²) in [6.45, 7) is 0.793. The molecule has 0 unspecified atom stereocenters. The van der Waals surface area contributed by atoms with E-state index >= 15 is 0 Å². The summed E-state index contributed by atoms with van der Waals surface area (Å²) in [6, 6.07) is 67.0. The second kappa shape index (κ2) is 13.4. The lowest BCUT2D eigenvalue weighted by Gasteiger charge is -2.20. The number of fused-ring (bicyclic) bond motifs is 7. The molecule has 12 rings (SSSR count). The molecule has 1 aliphatic heterocycles. The van der Waals surface area contributed by atoms with E-state index in [1.807, 2.05) is 6.20 Å². The summed E-state index contributed by atoms with van der Waals surface area (Å²) >= 11 is 0. The van der Waals surface area contributed by atoms with Gasteiger partial charge in [0.05, 0.1) is 28.6 Å². The summed E-state index contributed by atoms with van der Waals surface area (Å²) in [4.78, 5) is 4.98. The molecule has 0 radical (unpaired) electrons. The van der Waals surface area contributed by atoms with E-state index in [0.29, 0.717) is 0 Å². The molecule has 11 aromatic rings. The third-order valence-corrected chi connectivity index (χ3v) is 12.2. The summed E-state index contributed by atoms with van der Waals surface area (Å²) in [5.41, 5.74) is 12.7. The summed E-state index contributed by atoms with van der Waals surface area (Å²) in [5.74, 6) is 0. The van der Waals surface area contributed by atoms with Crippen LogP contribution in [0, 0.1) is 0 Å². The zero-order valence-electron chi connectivity index (χ0n) is 32.2. The first-order valence-corrected chi connectivity index (χ1v) is 20.3. The number of dihydropyridines is 1. The van der Waals surface area contributed by atoms with Crippen molar-refractivity contribution in [2.24, 2.45) is 0 Å². The average Bonchev–Trinajstić information content (AvgIpc) is 3.64. The highest BCUT2D eigenvalue weighted by molar-refractivity contribution is 6.26. The van der Waals surface area contributed by atoms with Gasteiger partial charge in [0.15, 0.2) is 0 Å². The third-order valence-electron chi connectivity index (χ3n) is 12.2. The van der Waals surface area contributed by atoms with Crippen molar-refractivity contribution in [2.75, 3.05) is 6.54 Å². The predicted octanol–water partition coefficient (Wildman–Crippen LogP) is 14.3. The molecule has 0 atom stereocenters. The Kier molecular flexibility index (Phi) is 7.60. The van der Waals surface area contributed by atoms with Gasteiger partial charge in [0.25, 0.3) is 0 Å². The van der Waals surface area contributed by atoms with E-state index < -0.39 is 0 Å². The molecule has 0 saturated heterocycles. The first-order chi connectivity index (χ1) is 29.3. The number of rotatable bonds is 5. The number of para-hydroxylation sites is 1. The number of hydrogen-bond donors (Lipinski definition) is 1. The number of aromatic nitrogens is 2. The molecule has 1 aliphatic rings. The number of nitrogens with one attached hydrogen (secondary N) is 1. The van der Waals surface area contributed by atoms with Crippen LogP contribution in [-0.4, -0.2) is 16.1 Å². The van der Waals surface area contributed by atoms with E-state index in [2.05, 4.69) is 210 Å². The zero-order valence-corrected chi connectivity index (χ0v) is 32.2. The smallest absolute Gasteiger partial charge is 0.0868 e. The number of allylic oxidation sites excluding steroid dienone is 2. The lowest BCUT2D eigenvalue weighted by molar-refractivity contribution is 0.982. The lowest BCUT2D eigenvalue weighted by atomic mass is 9.83. The highest BCUT2D eigenvalue weighted by Crippen LogP contribution is 2.48. The van der Waals surface area contributed by atoms with Gasteiger partial charge in [-0.15, -0.1) is 0 Å². The summed E-state index contributed by atoms with van der Waals surface area (Å²) in [6.07, 6.45) is 8.37. The Hall–Kier alpha value is -7.75. The van der Waals surface area contributed by atoms with E-state index in [1.165, 1.54) is 87.2 Å². The highest BCUT2D eigenvalue weighted by atomic mass is 15.0. The largest absolute Gasteiger partial charge is 0.380 e. The Labute approximate surface area is 341 Å². The summed E-state index contributed by atoms with van der Waals surface area (Å²) < 4.78 is 2.34. The topological polar surface area (TPSA) is 29.9 Å². The van der Waals surface area contributed by atoms with Crippen molar-refractivity contribution in [1.82, 2.24) is 14.9 Å². The normalized spacial score (nSPS) is 12.8. The average molecular weight is 752 g/mol. The van der Waals surface area contributed by atoms with Gasteiger partial charge >= 0.3 is 0 Å². The van der Waals surface area contributed by atoms with Gasteiger partial charge in [-0.05, 0) is 119 Å². The van der Waals surface area contributed by atoms with Gasteiger partial charge in [-0.3, -0.25) is 4.98 Å². The Morgan fingerprint density at radius 1 is 0.441 bits per heavy atom. The molecule has 276 valence electrons. The Bertz CT molecular complexity index is 3540. The first-order valence-electron chi connectivity index (χ1n) is 20.3. The summed E-state index contributed by atoms with van der Waals surface area (Å²) in [7, 11) is 0. The fraction of sp³-hybridized carbons (Fsp3) is 0.0179. The van der Waals surface area contributed by atoms with Crippen molar-refractivity contribution >= 4 is 70.6 Å². The molecule has 3 nitrogen and oxygen atoms in total. The zero-order chi connectivity index (χ0) is 38.9. The van der Waals surface area contributed by atoms with E-state index in [4.69, 9.17) is 4.98 Å². The Morgan fingerprint density at radius 3 is 1.68 bits per heavy atom. The molecule has 0 saturated carbocycles. The minimum Gasteiger partial charge on any atom is -0.380 e. The third kappa shape index (κ3) is 5.32. The Balaban J connectivity index is 1.16. The van der Waals surface area contributed by atoms with Crippen LogP contribution in [0.3, 0.4) is 0 Å². The number of benzene rings is 9. The van der Waals surface area contributed by atoms with Gasteiger partial charge in [0, 0.05) is 23.0 Å². The van der Waals surface area contributed by atoms with Gasteiger partial charge in [-0.2, -0.15) is 0 Å². The van der Waals surface area contributed by atoms with Crippen LogP contribution in [-0.2, 0) is 0 Å². The quantitative estimate of drug-likeness (QED) is 0.178. The van der Waals surface area contributed by atoms with Crippen LogP contribution in [0.4, 0.5) is 0 Å². The predicted molar refractivity (Wildman–Crippen MR) is 250 cm³/mol. The maximum absolute atomic E-state index is 4.98. The van der Waals surface area contributed by atoms with Crippen molar-refractivity contribution in [1.29, 1.82) is 0 Å². The molecule has 3 heterocycles. The Morgan fingerprint density at radius 2 is 1.00 bits per heavy atom. The van der Waals surface area contributed by atoms with E-state index in [-0.39, 0.29) is 0 Å². The van der Waals surface area contributed by atoms with E-state index in [9.17, 15) is 0 Å². The summed E-state index contributed by atoms with van der Waals surface area (Å²) in [5, 5.41) is 15.9. The SMILES string of the molecule is C1=CCNC(c2cc3c4cc(-c5ccc6c(-c7cccc8ccccc78)c7ccccc7c(-c7cccc8ccccc78)c6c5)ccc4n(-c4ccccc4)c3cn2)=C1. The number of pyridine rings is 1. The van der Waals surface area contributed by atoms with Crippen LogP contribution in [0.25, 0.3) is 110 Å². The molecule has 0 bridgehead atoms. The second-order valence-electron chi connectivity index (χ2n) is 15.5. The van der Waals surface area contributed by atoms with Gasteiger partial charge in [-0.1, -0.05) is 158 Å². The number of nitrogens with zero attached hydrogens (tertiary/aromatic N) is 2. The first kappa shape index (κ1) is 33.4. The molecule has 9 aromatic carbocycles. The van der Waals surface area contributed by atoms with E-state index in [1.54, 1.807) is 0 Å². The van der Waals surface area contributed by atoms with Gasteiger partial charge in [0.1, 0.15) is 0 Å². The van der Waals surface area contributed by atoms with Crippen LogP contribution in [0.5, 0.6) is 0 Å². The van der Waals surface area contributed by atoms with Crippen LogP contribution in [0.2, 0.25) is 0 Å². The fourth-order valence-corrected chi connectivity index (χ4v) is 9.56. The molecular formula is C56H37N3. The van der Waals surface area contributed by atoms with Crippen molar-refractivity contribution in [2.45, 2.75) is 0 Å². The molecule has 59 heavy (non-hydrogen) atoms. The maximum Gasteiger partial charge on any atom is 0.0868 e. The maximum atomic E-state index is 4.98. The molecule has 0 fully saturated rings. The molecule has 3 heteroatoms. The lowest BCUT2D eigenvalue weighted by Crippen LogP contribution is -2.15. The molecule has 2 aromatic heterocycles. The molecule has 0 spiro atoms. The van der Waals surface area contributed by atoms with E-state index in [0.717, 1.165) is 34.7 Å². The minimum absolute atomic E-state index is 0.793. The van der Waals surface area contributed by atoms with Crippen molar-refractivity contribution in [3.05, 3.63) is 212 Å². The van der Waals surface area contributed by atoms with Gasteiger partial charge in [0.2, 0.25) is 0 Å². The molecule has 0 amide bonds. The van der Waals surface area contributed by atoms with Crippen molar-refractivity contribution in [3.8, 4) is 39.1 Å². The fourth-order valence-electron chi connectivity index (χ4n) is 9.56. The van der Waals surface area contributed by atoms with Crippen molar-refractivity contribution in [3.63, 3.8) is 0 Å². The van der Waals surface area contributed by atoms with Crippen LogP contribution in [0.15, 0.2) is 206 Å². The van der Waals surface area contributed by atoms with Crippen LogP contribution in [0.1, 0.15) is 5.69 Å². The number of hydrogen-bond acceptors (Lipinski definition) is 2. The van der Waals surface area contributed by atoms with Crippen LogP contribution < -0.4 is 5.32 Å². The molecular weight excluding hydrogens is 715 g/mol. The van der Waals surface area contributed by atoms with Gasteiger partial charge < -0.3 is 9.88 Å². The standard InChI is InChI=1S/C56H37N3/c1-2-18-40(19-3-1)59-53-30-28-39(32-48(53)49-34-52(58-35-54(49)59)51-26-10-11-31-57-51)38-27-29-47-50(33-38)56(44-25-13-17-37-15-5-7-21-42(37)44)46-23-9-8-22-45(46)55(47)43-24-12-16-36-14-4-6-20-41(36)43/h1-30,32-35,57H,31H2. The van der Waals surface area contributed by atoms with Gasteiger partial charge in [-0.25, -0.2) is 0 Å². The highest BCUT2D eigenvalue weighted by Gasteiger charge is 2.21. The minimum atomic E-state index is 0.793. The second-order valence-corrected chi connectivity index (χ2v) is 15.5. The van der Waals surface area contributed by atoms with Crippen LogP contribution >= 0.6 is 0 Å².